The Kier molecular flexibility index (Phi) is 6.40. The molecule has 7 aromatic carbocycles. The number of hydrogen-bond acceptors (Lipinski definition) is 1. The Bertz CT molecular complexity index is 2360. The van der Waals surface area contributed by atoms with E-state index in [0.29, 0.717) is 16.5 Å². The highest BCUT2D eigenvalue weighted by atomic mass is 32.1. The summed E-state index contributed by atoms with van der Waals surface area (Å²) in [4.78, 5) is 0. The van der Waals surface area contributed by atoms with Gasteiger partial charge in [0.05, 0.1) is 0 Å². The van der Waals surface area contributed by atoms with E-state index in [0.717, 1.165) is 38.2 Å². The third-order valence-electron chi connectivity index (χ3n) is 8.75. The van der Waals surface area contributed by atoms with Gasteiger partial charge in [0.15, 0.2) is 0 Å². The molecule has 0 aliphatic heterocycles. The summed E-state index contributed by atoms with van der Waals surface area (Å²) >= 11 is 1.83. The normalized spacial score (nSPS) is 11.6. The lowest BCUT2D eigenvalue weighted by molar-refractivity contribution is 1.66. The molecular formula is C38H19B5S. The molecule has 0 saturated heterocycles. The molecule has 6 heteroatoms. The number of thiophene rings is 1. The van der Waals surface area contributed by atoms with Crippen LogP contribution in [0.15, 0.2) is 115 Å². The Hall–Kier alpha value is -4.40. The average molecular weight is 562 g/mol. The molecule has 0 amide bonds. The van der Waals surface area contributed by atoms with Gasteiger partial charge in [0.1, 0.15) is 39.2 Å². The maximum absolute atomic E-state index is 6.63. The molecule has 0 fully saturated rings. The number of hydrogen-bond donors (Lipinski definition) is 0. The topological polar surface area (TPSA) is 0 Å². The molecule has 0 spiro atoms. The maximum atomic E-state index is 6.63. The van der Waals surface area contributed by atoms with Crippen LogP contribution in [0.5, 0.6) is 0 Å². The van der Waals surface area contributed by atoms with Crippen molar-refractivity contribution in [2.75, 3.05) is 0 Å². The first-order valence-electron chi connectivity index (χ1n) is 14.4. The number of rotatable bonds is 3. The molecule has 44 heavy (non-hydrogen) atoms. The van der Waals surface area contributed by atoms with E-state index in [4.69, 9.17) is 39.2 Å². The van der Waals surface area contributed by atoms with E-state index in [1.807, 2.05) is 29.5 Å². The predicted octanol–water partition coefficient (Wildman–Crippen LogP) is 5.33. The van der Waals surface area contributed by atoms with Gasteiger partial charge >= 0.3 is 0 Å². The molecule has 8 rings (SSSR count). The van der Waals surface area contributed by atoms with Crippen molar-refractivity contribution in [2.45, 2.75) is 0 Å². The fraction of sp³-hybridized carbons (Fsp3) is 0. The van der Waals surface area contributed by atoms with E-state index in [9.17, 15) is 0 Å². The highest BCUT2D eigenvalue weighted by Gasteiger charge is 2.21. The lowest BCUT2D eigenvalue weighted by Crippen LogP contribution is -2.55. The van der Waals surface area contributed by atoms with E-state index >= 15 is 0 Å². The van der Waals surface area contributed by atoms with E-state index in [-0.39, 0.29) is 16.4 Å². The van der Waals surface area contributed by atoms with Gasteiger partial charge in [-0.05, 0) is 73.1 Å². The quantitative estimate of drug-likeness (QED) is 0.202. The van der Waals surface area contributed by atoms with Crippen LogP contribution in [0.25, 0.3) is 75.1 Å². The molecule has 0 unspecified atom stereocenters. The van der Waals surface area contributed by atoms with Crippen molar-refractivity contribution in [3.8, 4) is 33.4 Å². The van der Waals surface area contributed by atoms with Gasteiger partial charge in [-0.1, -0.05) is 108 Å². The summed E-state index contributed by atoms with van der Waals surface area (Å²) in [6.45, 7) is 0. The SMILES string of the molecule is [B]c1c([B])c([B])c(-c2c3ccccc3c(-c3ccc4sc5cc(-c6ccccc6)ccc5c4c3)c3ccccc23)c([B])c1[B]. The van der Waals surface area contributed by atoms with Crippen molar-refractivity contribution in [2.24, 2.45) is 0 Å². The van der Waals surface area contributed by atoms with E-state index in [2.05, 4.69) is 97.1 Å². The zero-order valence-corrected chi connectivity index (χ0v) is 24.6. The van der Waals surface area contributed by atoms with Crippen LogP contribution in [-0.2, 0) is 0 Å². The standard InChI is InChI=1S/C38H19B5S/c39-34-33(35(40)37(42)38(43)36(34)41)32-26-12-6-4-10-24(26)31(25-11-5-7-13-27(25)32)22-15-17-29-28(18-22)23-16-14-21(19-30(23)44-29)20-8-2-1-3-9-20/h1-19H. The highest BCUT2D eigenvalue weighted by Crippen LogP contribution is 2.45. The third kappa shape index (κ3) is 4.05. The first-order chi connectivity index (χ1) is 21.4. The Labute approximate surface area is 267 Å². The Balaban J connectivity index is 1.42. The van der Waals surface area contributed by atoms with Gasteiger partial charge in [-0.25, -0.2) is 0 Å². The van der Waals surface area contributed by atoms with Crippen LogP contribution in [0.4, 0.5) is 0 Å². The molecule has 0 aliphatic carbocycles. The summed E-state index contributed by atoms with van der Waals surface area (Å²) < 4.78 is 2.53. The minimum atomic E-state index is 0.209. The van der Waals surface area contributed by atoms with Crippen LogP contribution in [0.3, 0.4) is 0 Å². The second-order valence-corrected chi connectivity index (χ2v) is 12.3. The molecule has 0 aliphatic rings. The van der Waals surface area contributed by atoms with E-state index in [1.54, 1.807) is 0 Å². The molecule has 0 nitrogen and oxygen atoms in total. The molecule has 0 bridgehead atoms. The van der Waals surface area contributed by atoms with Crippen LogP contribution < -0.4 is 27.3 Å². The maximum Gasteiger partial charge on any atom is 0.113 e. The average Bonchev–Trinajstić information content (AvgIpc) is 3.44. The van der Waals surface area contributed by atoms with Gasteiger partial charge in [-0.3, -0.25) is 0 Å². The second kappa shape index (κ2) is 10.4. The highest BCUT2D eigenvalue weighted by molar-refractivity contribution is 7.25. The number of fused-ring (bicyclic) bond motifs is 5. The monoisotopic (exact) mass is 562 g/mol. The Morgan fingerprint density at radius 3 is 1.45 bits per heavy atom. The largest absolute Gasteiger partial charge is 0.135 e. The van der Waals surface area contributed by atoms with Crippen molar-refractivity contribution >= 4 is 120 Å². The van der Waals surface area contributed by atoms with Crippen molar-refractivity contribution in [1.29, 1.82) is 0 Å². The molecular weight excluding hydrogens is 543 g/mol. The van der Waals surface area contributed by atoms with Gasteiger partial charge in [0, 0.05) is 20.2 Å². The zero-order chi connectivity index (χ0) is 30.1. The summed E-state index contributed by atoms with van der Waals surface area (Å²) in [6, 6.07) is 40.8. The lowest BCUT2D eigenvalue weighted by Gasteiger charge is -2.25. The van der Waals surface area contributed by atoms with E-state index in [1.165, 1.54) is 31.3 Å². The molecule has 192 valence electrons. The summed E-state index contributed by atoms with van der Waals surface area (Å²) in [7, 11) is 32.1. The lowest BCUT2D eigenvalue weighted by atomic mass is 9.59. The first kappa shape index (κ1) is 27.2. The number of benzene rings is 7. The molecule has 0 N–H and O–H groups in total. The summed E-state index contributed by atoms with van der Waals surface area (Å²) in [5.41, 5.74) is 7.60. The summed E-state index contributed by atoms with van der Waals surface area (Å²) in [5, 5.41) is 6.67. The van der Waals surface area contributed by atoms with E-state index < -0.39 is 0 Å². The molecule has 0 atom stereocenters. The zero-order valence-electron chi connectivity index (χ0n) is 23.8. The smallest absolute Gasteiger partial charge is 0.113 e. The van der Waals surface area contributed by atoms with Crippen molar-refractivity contribution < 1.29 is 0 Å². The van der Waals surface area contributed by atoms with Gasteiger partial charge < -0.3 is 0 Å². The Morgan fingerprint density at radius 1 is 0.318 bits per heavy atom. The van der Waals surface area contributed by atoms with Gasteiger partial charge in [-0.2, -0.15) is 0 Å². The third-order valence-corrected chi connectivity index (χ3v) is 9.88. The van der Waals surface area contributed by atoms with Crippen molar-refractivity contribution in [3.63, 3.8) is 0 Å². The fourth-order valence-corrected chi connectivity index (χ4v) is 7.70. The van der Waals surface area contributed by atoms with Gasteiger partial charge in [0.25, 0.3) is 0 Å². The van der Waals surface area contributed by atoms with Crippen LogP contribution in [0, 0.1) is 0 Å². The van der Waals surface area contributed by atoms with Crippen molar-refractivity contribution in [3.05, 3.63) is 115 Å². The first-order valence-corrected chi connectivity index (χ1v) is 15.2. The second-order valence-electron chi connectivity index (χ2n) is 11.2. The molecule has 1 aromatic heterocycles. The minimum Gasteiger partial charge on any atom is -0.135 e. The van der Waals surface area contributed by atoms with Crippen LogP contribution in [0.1, 0.15) is 0 Å². The summed E-state index contributed by atoms with van der Waals surface area (Å²) in [5.74, 6) is 0. The fourth-order valence-electron chi connectivity index (χ4n) is 6.57. The van der Waals surface area contributed by atoms with Crippen molar-refractivity contribution in [1.82, 2.24) is 0 Å². The molecule has 0 saturated carbocycles. The van der Waals surface area contributed by atoms with Gasteiger partial charge in [0.2, 0.25) is 0 Å². The molecule has 1 heterocycles. The van der Waals surface area contributed by atoms with Gasteiger partial charge in [-0.15, -0.1) is 27.7 Å². The van der Waals surface area contributed by atoms with Crippen LogP contribution in [-0.4, -0.2) is 39.2 Å². The Morgan fingerprint density at radius 2 is 0.841 bits per heavy atom. The molecule has 8 aromatic rings. The van der Waals surface area contributed by atoms with Crippen LogP contribution in [0.2, 0.25) is 0 Å². The summed E-state index contributed by atoms with van der Waals surface area (Å²) in [6.07, 6.45) is 0. The minimum absolute atomic E-state index is 0.209. The molecule has 10 radical (unpaired) electrons. The predicted molar refractivity (Wildman–Crippen MR) is 198 cm³/mol. The van der Waals surface area contributed by atoms with Crippen LogP contribution >= 0.6 is 11.3 Å².